The van der Waals surface area contributed by atoms with Crippen LogP contribution in [0.2, 0.25) is 0 Å². The third kappa shape index (κ3) is 46.3. The standard InChI is InChI=1S/C50H86NO7P/c1-6-8-10-12-14-16-18-20-21-22-23-24-25-26-27-28-29-30-31-32-33-35-37-39-41-43-50(52)58-49(48-57-59(53,54)56-46-44-51(3,4)5)47-55-45-42-40-38-36-34-19-17-15-13-11-9-7-2/h8,10,13-16,20-21,23-24,26-27,29-30,32-33,49H,6-7,9,11-12,17-19,22,25,28,31,34-48H2,1-5H3/b10-8-,15-13-,16-14-,21-20-,24-23-,27-26-,30-29-,33-32-. The highest BCUT2D eigenvalue weighted by atomic mass is 31.2. The first-order valence-corrected chi connectivity index (χ1v) is 24.4. The molecule has 0 rings (SSSR count). The second kappa shape index (κ2) is 42.1. The van der Waals surface area contributed by atoms with E-state index in [2.05, 4.69) is 111 Å². The predicted molar refractivity (Wildman–Crippen MR) is 249 cm³/mol. The molecule has 0 aliphatic carbocycles. The van der Waals surface area contributed by atoms with Gasteiger partial charge in [0.1, 0.15) is 19.3 Å². The van der Waals surface area contributed by atoms with Gasteiger partial charge < -0.3 is 27.9 Å². The monoisotopic (exact) mass is 844 g/mol. The molecule has 0 fully saturated rings. The van der Waals surface area contributed by atoms with Crippen molar-refractivity contribution in [2.75, 3.05) is 54.1 Å². The number of quaternary nitrogens is 1. The third-order valence-electron chi connectivity index (χ3n) is 9.12. The number of carbonyl (C=O) groups excluding carboxylic acids is 1. The number of hydrogen-bond donors (Lipinski definition) is 0. The molecule has 338 valence electrons. The number of unbranched alkanes of at least 4 members (excludes halogenated alkanes) is 11. The molecule has 0 radical (unpaired) electrons. The number of hydrogen-bond acceptors (Lipinski definition) is 7. The van der Waals surface area contributed by atoms with Crippen molar-refractivity contribution in [1.82, 2.24) is 0 Å². The van der Waals surface area contributed by atoms with Gasteiger partial charge in [0.05, 0.1) is 34.4 Å². The fourth-order valence-electron chi connectivity index (χ4n) is 5.56. The molecule has 0 aromatic carbocycles. The van der Waals surface area contributed by atoms with Gasteiger partial charge in [0.2, 0.25) is 0 Å². The van der Waals surface area contributed by atoms with Gasteiger partial charge in [-0.1, -0.05) is 156 Å². The normalized spacial score (nSPS) is 14.6. The molecule has 0 saturated heterocycles. The Bertz CT molecular complexity index is 1260. The molecule has 9 heteroatoms. The van der Waals surface area contributed by atoms with Gasteiger partial charge in [0.25, 0.3) is 7.82 Å². The average molecular weight is 844 g/mol. The molecule has 59 heavy (non-hydrogen) atoms. The Kier molecular flexibility index (Phi) is 40.3. The number of allylic oxidation sites excluding steroid dienone is 16. The van der Waals surface area contributed by atoms with Crippen molar-refractivity contribution in [3.05, 3.63) is 97.2 Å². The molecule has 0 aromatic rings. The fraction of sp³-hybridized carbons (Fsp3) is 0.660. The highest BCUT2D eigenvalue weighted by Gasteiger charge is 2.20. The molecule has 0 saturated carbocycles. The number of rotatable bonds is 41. The molecule has 2 unspecified atom stereocenters. The quantitative estimate of drug-likeness (QED) is 0.0199. The Morgan fingerprint density at radius 3 is 1.49 bits per heavy atom. The maximum atomic E-state index is 12.7. The molecule has 0 spiro atoms. The number of phosphoric ester groups is 1. The van der Waals surface area contributed by atoms with E-state index < -0.39 is 13.9 Å². The summed E-state index contributed by atoms with van der Waals surface area (Å²) in [5.41, 5.74) is 0. The maximum Gasteiger partial charge on any atom is 0.306 e. The van der Waals surface area contributed by atoms with E-state index in [1.54, 1.807) is 0 Å². The molecule has 0 aliphatic rings. The Labute approximate surface area is 362 Å². The predicted octanol–water partition coefficient (Wildman–Crippen LogP) is 13.2. The summed E-state index contributed by atoms with van der Waals surface area (Å²) < 4.78 is 34.5. The minimum Gasteiger partial charge on any atom is -0.756 e. The van der Waals surface area contributed by atoms with Gasteiger partial charge in [-0.2, -0.15) is 0 Å². The molecule has 0 aliphatic heterocycles. The van der Waals surface area contributed by atoms with Gasteiger partial charge in [-0.25, -0.2) is 0 Å². The van der Waals surface area contributed by atoms with E-state index >= 15 is 0 Å². The summed E-state index contributed by atoms with van der Waals surface area (Å²) in [6, 6.07) is 0. The number of phosphoric acid groups is 1. The summed E-state index contributed by atoms with van der Waals surface area (Å²) in [7, 11) is 1.31. The smallest absolute Gasteiger partial charge is 0.306 e. The summed E-state index contributed by atoms with van der Waals surface area (Å²) in [4.78, 5) is 25.1. The average Bonchev–Trinajstić information content (AvgIpc) is 3.19. The van der Waals surface area contributed by atoms with Crippen LogP contribution in [0.1, 0.15) is 155 Å². The summed E-state index contributed by atoms with van der Waals surface area (Å²) in [6.07, 6.45) is 57.1. The summed E-state index contributed by atoms with van der Waals surface area (Å²) in [5.74, 6) is -0.373. The van der Waals surface area contributed by atoms with Crippen LogP contribution in [0.15, 0.2) is 97.2 Å². The van der Waals surface area contributed by atoms with Crippen LogP contribution in [0, 0.1) is 0 Å². The molecular formula is C50H86NO7P. The first-order valence-electron chi connectivity index (χ1n) is 23.0. The Morgan fingerprint density at radius 2 is 0.983 bits per heavy atom. The fourth-order valence-corrected chi connectivity index (χ4v) is 6.29. The first-order chi connectivity index (χ1) is 28.6. The van der Waals surface area contributed by atoms with E-state index in [1.165, 1.54) is 38.5 Å². The van der Waals surface area contributed by atoms with Crippen molar-refractivity contribution in [3.8, 4) is 0 Å². The SMILES string of the molecule is CC/C=C\C/C=C\C/C=C\C/C=C\C/C=C\C/C=C\C/C=C\CCCCCC(=O)OC(COCCCCCCCC/C=C\CCCC)COP(=O)([O-])OCC[N+](C)(C)C. The minimum atomic E-state index is -4.54. The second-order valence-corrected chi connectivity index (χ2v) is 17.4. The highest BCUT2D eigenvalue weighted by Crippen LogP contribution is 2.38. The Hall–Kier alpha value is -2.58. The number of carbonyl (C=O) groups is 1. The number of likely N-dealkylation sites (N-methyl/N-ethyl adjacent to an activating group) is 1. The van der Waals surface area contributed by atoms with Gasteiger partial charge in [-0.3, -0.25) is 9.36 Å². The lowest BCUT2D eigenvalue weighted by Crippen LogP contribution is -2.37. The van der Waals surface area contributed by atoms with Crippen molar-refractivity contribution in [2.24, 2.45) is 0 Å². The van der Waals surface area contributed by atoms with E-state index in [0.29, 0.717) is 24.1 Å². The number of nitrogens with zero attached hydrogens (tertiary/aromatic N) is 1. The largest absolute Gasteiger partial charge is 0.756 e. The Morgan fingerprint density at radius 1 is 0.542 bits per heavy atom. The van der Waals surface area contributed by atoms with Gasteiger partial charge in [0.15, 0.2) is 0 Å². The topological polar surface area (TPSA) is 94.1 Å². The van der Waals surface area contributed by atoms with Crippen molar-refractivity contribution < 1.29 is 37.3 Å². The molecule has 0 N–H and O–H groups in total. The van der Waals surface area contributed by atoms with E-state index in [9.17, 15) is 14.3 Å². The summed E-state index contributed by atoms with van der Waals surface area (Å²) in [6.45, 7) is 5.17. The molecule has 2 atom stereocenters. The molecule has 0 aromatic heterocycles. The molecule has 0 bridgehead atoms. The maximum absolute atomic E-state index is 12.7. The van der Waals surface area contributed by atoms with Crippen LogP contribution >= 0.6 is 7.82 Å². The zero-order chi connectivity index (χ0) is 43.4. The van der Waals surface area contributed by atoms with Crippen LogP contribution in [0.3, 0.4) is 0 Å². The van der Waals surface area contributed by atoms with E-state index in [0.717, 1.165) is 89.9 Å². The van der Waals surface area contributed by atoms with E-state index in [4.69, 9.17) is 18.5 Å². The van der Waals surface area contributed by atoms with Crippen LogP contribution in [0.5, 0.6) is 0 Å². The zero-order valence-electron chi connectivity index (χ0n) is 38.2. The molecular weight excluding hydrogens is 758 g/mol. The molecule has 0 heterocycles. The summed E-state index contributed by atoms with van der Waals surface area (Å²) in [5, 5.41) is 0. The lowest BCUT2D eigenvalue weighted by Gasteiger charge is -2.28. The van der Waals surface area contributed by atoms with E-state index in [-0.39, 0.29) is 32.2 Å². The van der Waals surface area contributed by atoms with Gasteiger partial charge in [-0.15, -0.1) is 0 Å². The molecule has 0 amide bonds. The van der Waals surface area contributed by atoms with Crippen molar-refractivity contribution >= 4 is 13.8 Å². The second-order valence-electron chi connectivity index (χ2n) is 16.0. The van der Waals surface area contributed by atoms with Gasteiger partial charge in [0, 0.05) is 13.0 Å². The van der Waals surface area contributed by atoms with E-state index in [1.807, 2.05) is 21.1 Å². The van der Waals surface area contributed by atoms with Crippen molar-refractivity contribution in [3.63, 3.8) is 0 Å². The number of esters is 1. The van der Waals surface area contributed by atoms with Gasteiger partial charge >= 0.3 is 5.97 Å². The Balaban J connectivity index is 4.29. The van der Waals surface area contributed by atoms with Crippen LogP contribution in [0.25, 0.3) is 0 Å². The van der Waals surface area contributed by atoms with Crippen LogP contribution in [-0.2, 0) is 27.9 Å². The summed E-state index contributed by atoms with van der Waals surface area (Å²) >= 11 is 0. The zero-order valence-corrected chi connectivity index (χ0v) is 39.1. The molecule has 8 nitrogen and oxygen atoms in total. The first kappa shape index (κ1) is 56.4. The van der Waals surface area contributed by atoms with Crippen LogP contribution in [-0.4, -0.2) is 70.7 Å². The highest BCUT2D eigenvalue weighted by molar-refractivity contribution is 7.45. The van der Waals surface area contributed by atoms with Crippen molar-refractivity contribution in [1.29, 1.82) is 0 Å². The van der Waals surface area contributed by atoms with Crippen LogP contribution < -0.4 is 4.89 Å². The lowest BCUT2D eigenvalue weighted by molar-refractivity contribution is -0.870. The van der Waals surface area contributed by atoms with Crippen molar-refractivity contribution in [2.45, 2.75) is 161 Å². The third-order valence-corrected chi connectivity index (χ3v) is 10.1. The van der Waals surface area contributed by atoms with Crippen LogP contribution in [0.4, 0.5) is 0 Å². The number of ether oxygens (including phenoxy) is 2. The minimum absolute atomic E-state index is 0.0125. The van der Waals surface area contributed by atoms with Gasteiger partial charge in [-0.05, 0) is 89.9 Å². The lowest BCUT2D eigenvalue weighted by atomic mass is 10.1.